The second-order valence-electron chi connectivity index (χ2n) is 4.54. The third-order valence-electron chi connectivity index (χ3n) is 3.35. The highest BCUT2D eigenvalue weighted by Gasteiger charge is 2.21. The zero-order valence-electron chi connectivity index (χ0n) is 9.90. The van der Waals surface area contributed by atoms with E-state index >= 15 is 0 Å². The molecule has 1 aromatic carbocycles. The number of nitriles is 1. The molecule has 0 spiro atoms. The molecular formula is C14H17FN2. The third kappa shape index (κ3) is 3.04. The number of piperidine rings is 1. The van der Waals surface area contributed by atoms with Gasteiger partial charge in [0.2, 0.25) is 0 Å². The summed E-state index contributed by atoms with van der Waals surface area (Å²) in [6, 6.07) is 8.85. The van der Waals surface area contributed by atoms with Gasteiger partial charge in [-0.05, 0) is 37.6 Å². The molecule has 1 aliphatic rings. The van der Waals surface area contributed by atoms with Crippen LogP contribution in [-0.4, -0.2) is 24.0 Å². The largest absolute Gasteiger partial charge is 0.288 e. The fourth-order valence-electron chi connectivity index (χ4n) is 2.36. The first kappa shape index (κ1) is 12.1. The highest BCUT2D eigenvalue weighted by molar-refractivity contribution is 5.20. The quantitative estimate of drug-likeness (QED) is 0.801. The van der Waals surface area contributed by atoms with Gasteiger partial charge in [-0.3, -0.25) is 4.90 Å². The van der Waals surface area contributed by atoms with Gasteiger partial charge in [-0.2, -0.15) is 5.26 Å². The molecule has 0 aromatic heterocycles. The number of rotatable bonds is 3. The van der Waals surface area contributed by atoms with Crippen LogP contribution in [0.15, 0.2) is 24.3 Å². The van der Waals surface area contributed by atoms with Crippen LogP contribution in [0.3, 0.4) is 0 Å². The van der Waals surface area contributed by atoms with E-state index in [-0.39, 0.29) is 11.9 Å². The molecule has 1 atom stereocenters. The molecular weight excluding hydrogens is 215 g/mol. The van der Waals surface area contributed by atoms with E-state index < -0.39 is 0 Å². The van der Waals surface area contributed by atoms with Crippen LogP contribution in [0.4, 0.5) is 4.39 Å². The second kappa shape index (κ2) is 5.79. The van der Waals surface area contributed by atoms with Crippen molar-refractivity contribution in [3.05, 3.63) is 35.6 Å². The van der Waals surface area contributed by atoms with Gasteiger partial charge in [-0.15, -0.1) is 0 Å². The van der Waals surface area contributed by atoms with Gasteiger partial charge in [0.1, 0.15) is 11.9 Å². The van der Waals surface area contributed by atoms with Crippen LogP contribution in [0, 0.1) is 17.1 Å². The third-order valence-corrected chi connectivity index (χ3v) is 3.35. The van der Waals surface area contributed by atoms with Crippen LogP contribution in [0.5, 0.6) is 0 Å². The summed E-state index contributed by atoms with van der Waals surface area (Å²) >= 11 is 0. The maximum Gasteiger partial charge on any atom is 0.126 e. The minimum absolute atomic E-state index is 0.188. The van der Waals surface area contributed by atoms with E-state index in [1.165, 1.54) is 12.5 Å². The highest BCUT2D eigenvalue weighted by Crippen LogP contribution is 2.16. The summed E-state index contributed by atoms with van der Waals surface area (Å²) in [7, 11) is 0. The molecule has 0 amide bonds. The lowest BCUT2D eigenvalue weighted by Crippen LogP contribution is -2.39. The van der Waals surface area contributed by atoms with E-state index in [0.717, 1.165) is 25.9 Å². The van der Waals surface area contributed by atoms with Crippen molar-refractivity contribution in [1.29, 1.82) is 5.26 Å². The molecule has 17 heavy (non-hydrogen) atoms. The second-order valence-corrected chi connectivity index (χ2v) is 4.54. The molecule has 1 unspecified atom stereocenters. The first-order chi connectivity index (χ1) is 8.31. The topological polar surface area (TPSA) is 27.0 Å². The summed E-state index contributed by atoms with van der Waals surface area (Å²) in [6.45, 7) is 1.93. The smallest absolute Gasteiger partial charge is 0.126 e. The van der Waals surface area contributed by atoms with E-state index in [9.17, 15) is 9.65 Å². The standard InChI is InChI=1S/C14H17FN2/c15-14-7-3-2-6-12(14)10-13(11-16)17-8-4-1-5-9-17/h2-3,6-7,13H,1,4-5,8-10H2. The number of hydrogen-bond acceptors (Lipinski definition) is 2. The molecule has 2 nitrogen and oxygen atoms in total. The number of nitrogens with zero attached hydrogens (tertiary/aromatic N) is 2. The lowest BCUT2D eigenvalue weighted by molar-refractivity contribution is 0.193. The van der Waals surface area contributed by atoms with E-state index in [0.29, 0.717) is 12.0 Å². The van der Waals surface area contributed by atoms with Gasteiger partial charge in [0.05, 0.1) is 6.07 Å². The van der Waals surface area contributed by atoms with E-state index in [1.807, 2.05) is 6.07 Å². The van der Waals surface area contributed by atoms with Gasteiger partial charge < -0.3 is 0 Å². The van der Waals surface area contributed by atoms with E-state index in [4.69, 9.17) is 0 Å². The van der Waals surface area contributed by atoms with Crippen molar-refractivity contribution in [3.63, 3.8) is 0 Å². The predicted molar refractivity (Wildman–Crippen MR) is 64.9 cm³/mol. The molecule has 90 valence electrons. The molecule has 1 fully saturated rings. The highest BCUT2D eigenvalue weighted by atomic mass is 19.1. The fraction of sp³-hybridized carbons (Fsp3) is 0.500. The molecule has 0 bridgehead atoms. The van der Waals surface area contributed by atoms with Crippen LogP contribution in [0.1, 0.15) is 24.8 Å². The molecule has 0 saturated carbocycles. The summed E-state index contributed by atoms with van der Waals surface area (Å²) < 4.78 is 13.5. The van der Waals surface area contributed by atoms with Crippen LogP contribution in [0.2, 0.25) is 0 Å². The first-order valence-electron chi connectivity index (χ1n) is 6.18. The predicted octanol–water partition coefficient (Wildman–Crippen LogP) is 2.75. The SMILES string of the molecule is N#CC(Cc1ccccc1F)N1CCCCC1. The Hall–Kier alpha value is -1.40. The van der Waals surface area contributed by atoms with Gasteiger partial charge in [0, 0.05) is 6.42 Å². The summed E-state index contributed by atoms with van der Waals surface area (Å²) in [5, 5.41) is 9.22. The van der Waals surface area contributed by atoms with Crippen molar-refractivity contribution in [2.75, 3.05) is 13.1 Å². The molecule has 1 aliphatic heterocycles. The fourth-order valence-corrected chi connectivity index (χ4v) is 2.36. The zero-order chi connectivity index (χ0) is 12.1. The summed E-state index contributed by atoms with van der Waals surface area (Å²) in [5.74, 6) is -0.204. The summed E-state index contributed by atoms with van der Waals surface area (Å²) in [6.07, 6.45) is 4.03. The molecule has 1 heterocycles. The van der Waals surface area contributed by atoms with Crippen molar-refractivity contribution in [1.82, 2.24) is 4.90 Å². The Morgan fingerprint density at radius 2 is 1.94 bits per heavy atom. The lowest BCUT2D eigenvalue weighted by atomic mass is 10.0. The Morgan fingerprint density at radius 3 is 2.59 bits per heavy atom. The van der Waals surface area contributed by atoms with Crippen LogP contribution < -0.4 is 0 Å². The minimum atomic E-state index is -0.204. The Balaban J connectivity index is 2.05. The monoisotopic (exact) mass is 232 g/mol. The molecule has 0 N–H and O–H groups in total. The Kier molecular flexibility index (Phi) is 4.11. The van der Waals surface area contributed by atoms with Gasteiger partial charge >= 0.3 is 0 Å². The number of likely N-dealkylation sites (tertiary alicyclic amines) is 1. The van der Waals surface area contributed by atoms with Crippen molar-refractivity contribution in [2.24, 2.45) is 0 Å². The first-order valence-corrected chi connectivity index (χ1v) is 6.18. The van der Waals surface area contributed by atoms with E-state index in [2.05, 4.69) is 11.0 Å². The Morgan fingerprint density at radius 1 is 1.24 bits per heavy atom. The van der Waals surface area contributed by atoms with Crippen molar-refractivity contribution >= 4 is 0 Å². The lowest BCUT2D eigenvalue weighted by Gasteiger charge is -2.30. The van der Waals surface area contributed by atoms with Crippen LogP contribution >= 0.6 is 0 Å². The van der Waals surface area contributed by atoms with Crippen molar-refractivity contribution in [2.45, 2.75) is 31.7 Å². The maximum atomic E-state index is 13.5. The number of hydrogen-bond donors (Lipinski definition) is 0. The average Bonchev–Trinajstić information content (AvgIpc) is 2.39. The molecule has 0 radical (unpaired) electrons. The summed E-state index contributed by atoms with van der Waals surface area (Å²) in [5.41, 5.74) is 0.643. The van der Waals surface area contributed by atoms with Gasteiger partial charge in [0.15, 0.2) is 0 Å². The molecule has 1 saturated heterocycles. The van der Waals surface area contributed by atoms with Gasteiger partial charge in [-0.25, -0.2) is 4.39 Å². The number of halogens is 1. The molecule has 0 aliphatic carbocycles. The Bertz CT molecular complexity index is 405. The molecule has 2 rings (SSSR count). The van der Waals surface area contributed by atoms with Gasteiger partial charge in [-0.1, -0.05) is 24.6 Å². The normalized spacial score (nSPS) is 18.6. The zero-order valence-corrected chi connectivity index (χ0v) is 9.90. The van der Waals surface area contributed by atoms with Crippen molar-refractivity contribution < 1.29 is 4.39 Å². The summed E-state index contributed by atoms with van der Waals surface area (Å²) in [4.78, 5) is 2.18. The minimum Gasteiger partial charge on any atom is -0.288 e. The van der Waals surface area contributed by atoms with Crippen LogP contribution in [-0.2, 0) is 6.42 Å². The number of benzene rings is 1. The molecule has 3 heteroatoms. The Labute approximate surface area is 102 Å². The average molecular weight is 232 g/mol. The van der Waals surface area contributed by atoms with Crippen LogP contribution in [0.25, 0.3) is 0 Å². The maximum absolute atomic E-state index is 13.5. The molecule has 1 aromatic rings. The van der Waals surface area contributed by atoms with E-state index in [1.54, 1.807) is 12.1 Å². The van der Waals surface area contributed by atoms with Crippen molar-refractivity contribution in [3.8, 4) is 6.07 Å². The van der Waals surface area contributed by atoms with Gasteiger partial charge in [0.25, 0.3) is 0 Å².